The molecule has 1 unspecified atom stereocenters. The minimum absolute atomic E-state index is 0.0244. The van der Waals surface area contributed by atoms with Crippen LogP contribution in [0.4, 0.5) is 0 Å². The maximum Gasteiger partial charge on any atom is 0.234 e. The molecular weight excluding hydrogens is 244 g/mol. The van der Waals surface area contributed by atoms with Crippen molar-refractivity contribution in [2.75, 3.05) is 0 Å². The van der Waals surface area contributed by atoms with E-state index in [1.54, 1.807) is 12.4 Å². The van der Waals surface area contributed by atoms with E-state index in [2.05, 4.69) is 26.2 Å². The lowest BCUT2D eigenvalue weighted by Gasteiger charge is -2.08. The molecule has 14 heavy (non-hydrogen) atoms. The van der Waals surface area contributed by atoms with E-state index in [0.717, 1.165) is 12.0 Å². The van der Waals surface area contributed by atoms with E-state index >= 15 is 0 Å². The second kappa shape index (κ2) is 5.75. The molecule has 1 heterocycles. The fraction of sp³-hybridized carbons (Fsp3) is 0.400. The van der Waals surface area contributed by atoms with Crippen LogP contribution in [0.2, 0.25) is 0 Å². The van der Waals surface area contributed by atoms with Gasteiger partial charge in [0.05, 0.1) is 4.83 Å². The third-order valence-corrected chi connectivity index (χ3v) is 2.90. The Morgan fingerprint density at radius 1 is 1.71 bits per heavy atom. The van der Waals surface area contributed by atoms with Crippen LogP contribution < -0.4 is 5.32 Å². The predicted octanol–water partition coefficient (Wildman–Crippen LogP) is 1.87. The molecule has 3 nitrogen and oxygen atoms in total. The van der Waals surface area contributed by atoms with Crippen molar-refractivity contribution >= 4 is 21.8 Å². The summed E-state index contributed by atoms with van der Waals surface area (Å²) in [5.41, 5.74) is 1.01. The molecule has 0 saturated carbocycles. The summed E-state index contributed by atoms with van der Waals surface area (Å²) in [6, 6.07) is 3.79. The van der Waals surface area contributed by atoms with E-state index in [-0.39, 0.29) is 10.7 Å². The summed E-state index contributed by atoms with van der Waals surface area (Å²) in [5.74, 6) is 0.0244. The Hall–Kier alpha value is -0.900. The molecule has 76 valence electrons. The number of carbonyl (C=O) groups excluding carboxylic acids is 1. The summed E-state index contributed by atoms with van der Waals surface area (Å²) in [6.07, 6.45) is 4.25. The Bertz CT molecular complexity index is 289. The Kier molecular flexibility index (Phi) is 4.59. The van der Waals surface area contributed by atoms with Crippen molar-refractivity contribution in [1.29, 1.82) is 0 Å². The highest BCUT2D eigenvalue weighted by Crippen LogP contribution is 2.04. The number of alkyl halides is 1. The molecule has 1 amide bonds. The Balaban J connectivity index is 2.38. The molecule has 0 bridgehead atoms. The Morgan fingerprint density at radius 3 is 3.07 bits per heavy atom. The molecule has 0 aromatic carbocycles. The van der Waals surface area contributed by atoms with Gasteiger partial charge in [0, 0.05) is 18.9 Å². The molecule has 0 radical (unpaired) electrons. The van der Waals surface area contributed by atoms with Crippen molar-refractivity contribution < 1.29 is 4.79 Å². The standard InChI is InChI=1S/C10H13BrN2O/c1-2-9(11)10(14)13-7-8-4-3-5-12-6-8/h3-6,9H,2,7H2,1H3,(H,13,14). The summed E-state index contributed by atoms with van der Waals surface area (Å²) in [4.78, 5) is 15.2. The monoisotopic (exact) mass is 256 g/mol. The number of halogens is 1. The predicted molar refractivity (Wildman–Crippen MR) is 59.1 cm³/mol. The lowest BCUT2D eigenvalue weighted by molar-refractivity contribution is -0.120. The molecule has 1 rings (SSSR count). The van der Waals surface area contributed by atoms with Crippen LogP contribution in [-0.2, 0) is 11.3 Å². The summed E-state index contributed by atoms with van der Waals surface area (Å²) >= 11 is 3.29. The number of aromatic nitrogens is 1. The molecule has 1 atom stereocenters. The first-order valence-corrected chi connectivity index (χ1v) is 5.46. The van der Waals surface area contributed by atoms with E-state index < -0.39 is 0 Å². The van der Waals surface area contributed by atoms with Crippen LogP contribution in [0.3, 0.4) is 0 Å². The van der Waals surface area contributed by atoms with Crippen LogP contribution in [0.25, 0.3) is 0 Å². The highest BCUT2D eigenvalue weighted by Gasteiger charge is 2.10. The lowest BCUT2D eigenvalue weighted by atomic mass is 10.2. The molecule has 0 aliphatic heterocycles. The van der Waals surface area contributed by atoms with E-state index in [0.29, 0.717) is 6.54 Å². The van der Waals surface area contributed by atoms with Crippen molar-refractivity contribution in [2.45, 2.75) is 24.7 Å². The highest BCUT2D eigenvalue weighted by atomic mass is 79.9. The van der Waals surface area contributed by atoms with Gasteiger partial charge in [-0.3, -0.25) is 9.78 Å². The van der Waals surface area contributed by atoms with E-state index in [1.165, 1.54) is 0 Å². The van der Waals surface area contributed by atoms with Crippen LogP contribution >= 0.6 is 15.9 Å². The van der Waals surface area contributed by atoms with Crippen LogP contribution in [0.5, 0.6) is 0 Å². The average Bonchev–Trinajstić information content (AvgIpc) is 2.26. The largest absolute Gasteiger partial charge is 0.351 e. The Labute approximate surface area is 92.1 Å². The van der Waals surface area contributed by atoms with E-state index in [1.807, 2.05) is 19.1 Å². The number of nitrogens with one attached hydrogen (secondary N) is 1. The highest BCUT2D eigenvalue weighted by molar-refractivity contribution is 9.10. The van der Waals surface area contributed by atoms with Crippen molar-refractivity contribution in [3.63, 3.8) is 0 Å². The van der Waals surface area contributed by atoms with Crippen LogP contribution in [-0.4, -0.2) is 15.7 Å². The molecular formula is C10H13BrN2O. The van der Waals surface area contributed by atoms with E-state index in [4.69, 9.17) is 0 Å². The fourth-order valence-corrected chi connectivity index (χ4v) is 1.15. The van der Waals surface area contributed by atoms with Gasteiger partial charge in [0.25, 0.3) is 0 Å². The van der Waals surface area contributed by atoms with Gasteiger partial charge >= 0.3 is 0 Å². The van der Waals surface area contributed by atoms with Gasteiger partial charge in [0.1, 0.15) is 0 Å². The van der Waals surface area contributed by atoms with E-state index in [9.17, 15) is 4.79 Å². The summed E-state index contributed by atoms with van der Waals surface area (Å²) in [7, 11) is 0. The SMILES string of the molecule is CCC(Br)C(=O)NCc1cccnc1. The zero-order valence-corrected chi connectivity index (χ0v) is 9.62. The van der Waals surface area contributed by atoms with Crippen LogP contribution in [0.15, 0.2) is 24.5 Å². The summed E-state index contributed by atoms with van der Waals surface area (Å²) < 4.78 is 0. The zero-order chi connectivity index (χ0) is 10.4. The smallest absolute Gasteiger partial charge is 0.234 e. The maximum atomic E-state index is 11.4. The average molecular weight is 257 g/mol. The van der Waals surface area contributed by atoms with Gasteiger partial charge in [0.15, 0.2) is 0 Å². The number of pyridine rings is 1. The van der Waals surface area contributed by atoms with Gasteiger partial charge in [-0.2, -0.15) is 0 Å². The lowest BCUT2D eigenvalue weighted by Crippen LogP contribution is -2.30. The van der Waals surface area contributed by atoms with Crippen molar-refractivity contribution in [2.24, 2.45) is 0 Å². The molecule has 0 fully saturated rings. The van der Waals surface area contributed by atoms with Gasteiger partial charge in [-0.15, -0.1) is 0 Å². The number of amides is 1. The van der Waals surface area contributed by atoms with Gasteiger partial charge in [-0.05, 0) is 18.1 Å². The number of hydrogen-bond donors (Lipinski definition) is 1. The molecule has 1 aromatic heterocycles. The fourth-order valence-electron chi connectivity index (χ4n) is 0.988. The molecule has 1 aromatic rings. The third kappa shape index (κ3) is 3.46. The normalized spacial score (nSPS) is 12.1. The van der Waals surface area contributed by atoms with Crippen LogP contribution in [0.1, 0.15) is 18.9 Å². The summed E-state index contributed by atoms with van der Waals surface area (Å²) in [5, 5.41) is 2.82. The molecule has 0 aliphatic carbocycles. The van der Waals surface area contributed by atoms with Gasteiger partial charge in [0.2, 0.25) is 5.91 Å². The van der Waals surface area contributed by atoms with Crippen molar-refractivity contribution in [1.82, 2.24) is 10.3 Å². The molecule has 1 N–H and O–H groups in total. The second-order valence-corrected chi connectivity index (χ2v) is 4.06. The van der Waals surface area contributed by atoms with Gasteiger partial charge < -0.3 is 5.32 Å². The molecule has 0 spiro atoms. The first-order valence-electron chi connectivity index (χ1n) is 4.54. The Morgan fingerprint density at radius 2 is 2.50 bits per heavy atom. The second-order valence-electron chi connectivity index (χ2n) is 2.95. The third-order valence-electron chi connectivity index (χ3n) is 1.83. The van der Waals surface area contributed by atoms with Crippen molar-refractivity contribution in [3.05, 3.63) is 30.1 Å². The van der Waals surface area contributed by atoms with Crippen LogP contribution in [0, 0.1) is 0 Å². The number of hydrogen-bond acceptors (Lipinski definition) is 2. The minimum atomic E-state index is -0.0980. The maximum absolute atomic E-state index is 11.4. The molecule has 0 aliphatic rings. The minimum Gasteiger partial charge on any atom is -0.351 e. The first kappa shape index (κ1) is 11.2. The zero-order valence-electron chi connectivity index (χ0n) is 8.03. The molecule has 0 saturated heterocycles. The topological polar surface area (TPSA) is 42.0 Å². The number of rotatable bonds is 4. The number of carbonyl (C=O) groups is 1. The number of nitrogens with zero attached hydrogens (tertiary/aromatic N) is 1. The molecule has 4 heteroatoms. The van der Waals surface area contributed by atoms with Gasteiger partial charge in [-0.25, -0.2) is 0 Å². The first-order chi connectivity index (χ1) is 6.74. The van der Waals surface area contributed by atoms with Gasteiger partial charge in [-0.1, -0.05) is 28.9 Å². The van der Waals surface area contributed by atoms with Crippen molar-refractivity contribution in [3.8, 4) is 0 Å². The quantitative estimate of drug-likeness (QED) is 0.836. The summed E-state index contributed by atoms with van der Waals surface area (Å²) in [6.45, 7) is 2.50.